The molecule has 1 heterocycles. The molecule has 2 aromatic rings. The fourth-order valence-electron chi connectivity index (χ4n) is 2.69. The zero-order chi connectivity index (χ0) is 22.1. The molecule has 3 N–H and O–H groups in total. The Morgan fingerprint density at radius 3 is 2.37 bits per heavy atom. The van der Waals surface area contributed by atoms with Crippen LogP contribution in [0, 0.1) is 5.92 Å². The highest BCUT2D eigenvalue weighted by Gasteiger charge is 2.19. The number of anilines is 2. The van der Waals surface area contributed by atoms with Gasteiger partial charge in [0.25, 0.3) is 10.0 Å². The van der Waals surface area contributed by atoms with Crippen LogP contribution in [0.3, 0.4) is 0 Å². The van der Waals surface area contributed by atoms with Crippen molar-refractivity contribution >= 4 is 44.1 Å². The molecule has 164 valence electrons. The minimum Gasteiger partial charge on any atom is -0.476 e. The number of hydrogen-bond donors (Lipinski definition) is 3. The number of carboxylic acids is 1. The van der Waals surface area contributed by atoms with Gasteiger partial charge in [0.05, 0.1) is 4.90 Å². The topological polar surface area (TPSA) is 138 Å². The summed E-state index contributed by atoms with van der Waals surface area (Å²) < 4.78 is 27.0. The molecule has 0 saturated carbocycles. The van der Waals surface area contributed by atoms with Crippen molar-refractivity contribution in [2.45, 2.75) is 57.3 Å². The molecule has 0 aliphatic rings. The number of carbonyl (C=O) groups excluding carboxylic acids is 1. The molecule has 1 aromatic heterocycles. The highest BCUT2D eigenvalue weighted by Crippen LogP contribution is 2.22. The minimum absolute atomic E-state index is 0.0449. The summed E-state index contributed by atoms with van der Waals surface area (Å²) in [6.07, 6.45) is 6.52. The van der Waals surface area contributed by atoms with Gasteiger partial charge in [-0.3, -0.25) is 9.52 Å². The smallest absolute Gasteiger partial charge is 0.367 e. The zero-order valence-electron chi connectivity index (χ0n) is 16.9. The monoisotopic (exact) mass is 454 g/mol. The lowest BCUT2D eigenvalue weighted by molar-refractivity contribution is -0.119. The van der Waals surface area contributed by atoms with E-state index in [-0.39, 0.29) is 26.9 Å². The van der Waals surface area contributed by atoms with Crippen molar-refractivity contribution in [2.75, 3.05) is 10.0 Å². The summed E-state index contributed by atoms with van der Waals surface area (Å²) in [5, 5.41) is 18.1. The van der Waals surface area contributed by atoms with E-state index in [0.717, 1.165) is 19.3 Å². The van der Waals surface area contributed by atoms with Gasteiger partial charge in [-0.1, -0.05) is 57.3 Å². The van der Waals surface area contributed by atoms with Crippen LogP contribution >= 0.6 is 11.3 Å². The number of nitrogens with zero attached hydrogens (tertiary/aromatic N) is 2. The van der Waals surface area contributed by atoms with E-state index in [1.807, 2.05) is 6.92 Å². The van der Waals surface area contributed by atoms with Crippen molar-refractivity contribution < 1.29 is 23.1 Å². The van der Waals surface area contributed by atoms with E-state index < -0.39 is 16.0 Å². The summed E-state index contributed by atoms with van der Waals surface area (Å²) in [4.78, 5) is 23.1. The molecular weight excluding hydrogens is 428 g/mol. The van der Waals surface area contributed by atoms with E-state index in [2.05, 4.69) is 27.2 Å². The molecule has 9 nitrogen and oxygen atoms in total. The highest BCUT2D eigenvalue weighted by molar-refractivity contribution is 7.93. The molecule has 2 rings (SSSR count). The van der Waals surface area contributed by atoms with Crippen molar-refractivity contribution in [2.24, 2.45) is 5.92 Å². The molecule has 0 aliphatic heterocycles. The van der Waals surface area contributed by atoms with E-state index in [4.69, 9.17) is 5.11 Å². The molecule has 1 atom stereocenters. The molecule has 30 heavy (non-hydrogen) atoms. The number of sulfonamides is 1. The number of aromatic nitrogens is 2. The third-order valence-corrected chi connectivity index (χ3v) is 6.76. The molecule has 0 spiro atoms. The van der Waals surface area contributed by atoms with E-state index in [0.29, 0.717) is 17.0 Å². The number of aromatic carboxylic acids is 1. The van der Waals surface area contributed by atoms with Crippen LogP contribution < -0.4 is 10.0 Å². The van der Waals surface area contributed by atoms with Crippen molar-refractivity contribution in [3.05, 3.63) is 29.3 Å². The quantitative estimate of drug-likeness (QED) is 0.412. The normalized spacial score (nSPS) is 12.3. The van der Waals surface area contributed by atoms with Gasteiger partial charge in [-0.05, 0) is 30.7 Å². The Bertz CT molecular complexity index is 958. The van der Waals surface area contributed by atoms with Gasteiger partial charge in [0, 0.05) is 11.6 Å². The number of nitrogens with one attached hydrogen (secondary N) is 2. The van der Waals surface area contributed by atoms with Crippen molar-refractivity contribution in [1.82, 2.24) is 10.2 Å². The predicted molar refractivity (Wildman–Crippen MR) is 115 cm³/mol. The number of rotatable bonds is 12. The van der Waals surface area contributed by atoms with Crippen molar-refractivity contribution in [1.29, 1.82) is 0 Å². The van der Waals surface area contributed by atoms with E-state index in [9.17, 15) is 18.0 Å². The second kappa shape index (κ2) is 11.0. The highest BCUT2D eigenvalue weighted by atomic mass is 32.2. The van der Waals surface area contributed by atoms with E-state index in [1.165, 1.54) is 43.5 Å². The van der Waals surface area contributed by atoms with Crippen LogP contribution in [-0.2, 0) is 14.8 Å². The van der Waals surface area contributed by atoms with Crippen LogP contribution in [0.25, 0.3) is 0 Å². The molecule has 11 heteroatoms. The molecule has 0 fully saturated rings. The fourth-order valence-corrected chi connectivity index (χ4v) is 4.51. The zero-order valence-corrected chi connectivity index (χ0v) is 18.6. The van der Waals surface area contributed by atoms with Crippen LogP contribution in [0.15, 0.2) is 29.2 Å². The Morgan fingerprint density at radius 2 is 1.77 bits per heavy atom. The lowest BCUT2D eigenvalue weighted by Gasteiger charge is -2.12. The second-order valence-electron chi connectivity index (χ2n) is 6.94. The number of carboxylic acid groups (broad SMARTS) is 1. The number of hydrogen-bond acceptors (Lipinski definition) is 7. The van der Waals surface area contributed by atoms with Gasteiger partial charge < -0.3 is 10.4 Å². The van der Waals surface area contributed by atoms with Crippen LogP contribution in [0.2, 0.25) is 0 Å². The first-order valence-electron chi connectivity index (χ1n) is 9.73. The largest absolute Gasteiger partial charge is 0.476 e. The maximum Gasteiger partial charge on any atom is 0.367 e. The summed E-state index contributed by atoms with van der Waals surface area (Å²) in [6.45, 7) is 4.04. The van der Waals surface area contributed by atoms with Crippen LogP contribution in [0.4, 0.5) is 10.8 Å². The summed E-state index contributed by atoms with van der Waals surface area (Å²) in [5.41, 5.74) is 0.501. The fraction of sp³-hybridized carbons (Fsp3) is 0.474. The van der Waals surface area contributed by atoms with Crippen molar-refractivity contribution in [3.63, 3.8) is 0 Å². The van der Waals surface area contributed by atoms with Crippen LogP contribution in [0.1, 0.15) is 62.2 Å². The van der Waals surface area contributed by atoms with Gasteiger partial charge in [-0.25, -0.2) is 13.2 Å². The van der Waals surface area contributed by atoms with Crippen molar-refractivity contribution in [3.8, 4) is 0 Å². The molecule has 1 unspecified atom stereocenters. The Balaban J connectivity index is 1.91. The first kappa shape index (κ1) is 23.7. The van der Waals surface area contributed by atoms with Gasteiger partial charge in [0.15, 0.2) is 0 Å². The molecule has 0 bridgehead atoms. The third-order valence-electron chi connectivity index (χ3n) is 4.45. The molecule has 0 saturated heterocycles. The second-order valence-corrected chi connectivity index (χ2v) is 9.60. The molecule has 0 aliphatic carbocycles. The molecule has 0 radical (unpaired) electrons. The summed E-state index contributed by atoms with van der Waals surface area (Å²) in [5.74, 6) is -1.51. The van der Waals surface area contributed by atoms with Crippen LogP contribution in [-0.4, -0.2) is 35.6 Å². The Hall–Kier alpha value is -2.53. The van der Waals surface area contributed by atoms with E-state index >= 15 is 0 Å². The maximum atomic E-state index is 12.4. The van der Waals surface area contributed by atoms with Gasteiger partial charge in [-0.15, -0.1) is 10.2 Å². The number of unbranched alkanes of at least 4 members (excludes halogenated alkanes) is 4. The first-order chi connectivity index (χ1) is 14.2. The summed E-state index contributed by atoms with van der Waals surface area (Å²) in [7, 11) is -3.95. The van der Waals surface area contributed by atoms with Gasteiger partial charge in [0.1, 0.15) is 0 Å². The number of carbonyl (C=O) groups is 2. The minimum atomic E-state index is -3.95. The predicted octanol–water partition coefficient (Wildman–Crippen LogP) is 3.97. The average molecular weight is 455 g/mol. The summed E-state index contributed by atoms with van der Waals surface area (Å²) >= 11 is 0.619. The Morgan fingerprint density at radius 1 is 1.10 bits per heavy atom. The van der Waals surface area contributed by atoms with Gasteiger partial charge in [0.2, 0.25) is 16.0 Å². The Labute approximate surface area is 180 Å². The number of benzene rings is 1. The number of amides is 1. The van der Waals surface area contributed by atoms with E-state index in [1.54, 1.807) is 0 Å². The molecular formula is C19H26N4O5S2. The molecule has 1 amide bonds. The Kier molecular flexibility index (Phi) is 8.72. The maximum absolute atomic E-state index is 12.4. The SMILES string of the molecule is CCCCCCCC(C)C(=O)Nc1ccc(S(=O)(=O)Nc2nnc(C(=O)O)s2)cc1. The first-order valence-corrected chi connectivity index (χ1v) is 12.0. The molecule has 1 aromatic carbocycles. The van der Waals surface area contributed by atoms with Gasteiger partial charge in [-0.2, -0.15) is 0 Å². The lowest BCUT2D eigenvalue weighted by atomic mass is 10.0. The van der Waals surface area contributed by atoms with Crippen LogP contribution in [0.5, 0.6) is 0 Å². The summed E-state index contributed by atoms with van der Waals surface area (Å²) in [6, 6.07) is 5.71. The van der Waals surface area contributed by atoms with Gasteiger partial charge >= 0.3 is 5.97 Å². The third kappa shape index (κ3) is 7.06. The average Bonchev–Trinajstić information content (AvgIpc) is 3.16. The lowest BCUT2D eigenvalue weighted by Crippen LogP contribution is -2.20. The standard InChI is InChI=1S/C19H26N4O5S2/c1-3-4-5-6-7-8-13(2)16(24)20-14-9-11-15(12-10-14)30(27,28)23-19-22-21-17(29-19)18(25)26/h9-13H,3-8H2,1-2H3,(H,20,24)(H,22,23)(H,25,26).